The number of hydrogen-bond acceptors (Lipinski definition) is 4. The van der Waals surface area contributed by atoms with Crippen LogP contribution in [0, 0.1) is 5.82 Å². The van der Waals surface area contributed by atoms with Gasteiger partial charge in [0.05, 0.1) is 17.8 Å². The van der Waals surface area contributed by atoms with Crippen LogP contribution >= 0.6 is 0 Å². The van der Waals surface area contributed by atoms with E-state index in [1.165, 1.54) is 6.07 Å². The van der Waals surface area contributed by atoms with Crippen molar-refractivity contribution in [3.63, 3.8) is 0 Å². The summed E-state index contributed by atoms with van der Waals surface area (Å²) in [5.74, 6) is -0.200. The third-order valence-corrected chi connectivity index (χ3v) is 5.09. The number of rotatable bonds is 4. The summed E-state index contributed by atoms with van der Waals surface area (Å²) in [6, 6.07) is 10.3. The van der Waals surface area contributed by atoms with E-state index in [0.717, 1.165) is 30.6 Å². The molecule has 1 saturated heterocycles. The Labute approximate surface area is 163 Å². The fraction of sp³-hybridized carbons (Fsp3) is 0.273. The molecule has 4 rings (SSSR count). The summed E-state index contributed by atoms with van der Waals surface area (Å²) in [7, 11) is 0. The van der Waals surface area contributed by atoms with Crippen LogP contribution in [0.3, 0.4) is 0 Å². The third-order valence-electron chi connectivity index (χ3n) is 5.09. The predicted molar refractivity (Wildman–Crippen MR) is 104 cm³/mol. The largest absolute Gasteiger partial charge is 0.342 e. The highest BCUT2D eigenvalue weighted by atomic mass is 19.1. The van der Waals surface area contributed by atoms with Crippen molar-refractivity contribution in [2.75, 3.05) is 13.1 Å². The van der Waals surface area contributed by atoms with E-state index in [4.69, 9.17) is 0 Å². The maximum Gasteiger partial charge on any atom is 0.227 e. The van der Waals surface area contributed by atoms with E-state index in [-0.39, 0.29) is 17.6 Å². The lowest BCUT2D eigenvalue weighted by Gasteiger charge is -2.33. The molecule has 0 radical (unpaired) electrons. The molecule has 6 heteroatoms. The molecule has 0 N–H and O–H groups in total. The van der Waals surface area contributed by atoms with Crippen LogP contribution in [0.1, 0.15) is 30.0 Å². The van der Waals surface area contributed by atoms with Crippen molar-refractivity contribution in [1.82, 2.24) is 19.9 Å². The first-order valence-corrected chi connectivity index (χ1v) is 9.45. The van der Waals surface area contributed by atoms with Gasteiger partial charge in [-0.2, -0.15) is 0 Å². The van der Waals surface area contributed by atoms with Gasteiger partial charge in [0.25, 0.3) is 0 Å². The molecule has 2 aromatic heterocycles. The molecule has 1 fully saturated rings. The van der Waals surface area contributed by atoms with Crippen molar-refractivity contribution in [3.05, 3.63) is 78.3 Å². The fourth-order valence-electron chi connectivity index (χ4n) is 3.72. The molecule has 1 aliphatic heterocycles. The van der Waals surface area contributed by atoms with Gasteiger partial charge in [0.2, 0.25) is 5.91 Å². The number of pyridine rings is 1. The molecule has 0 bridgehead atoms. The fourth-order valence-corrected chi connectivity index (χ4v) is 3.72. The summed E-state index contributed by atoms with van der Waals surface area (Å²) in [6.45, 7) is 1.30. The second-order valence-electron chi connectivity index (χ2n) is 6.99. The van der Waals surface area contributed by atoms with Crippen molar-refractivity contribution in [3.8, 4) is 11.3 Å². The van der Waals surface area contributed by atoms with Crippen LogP contribution in [0.15, 0.2) is 61.2 Å². The minimum absolute atomic E-state index is 0.0369. The molecular weight excluding hydrogens is 355 g/mol. The summed E-state index contributed by atoms with van der Waals surface area (Å²) in [5, 5.41) is 0. The molecule has 0 unspecified atom stereocenters. The van der Waals surface area contributed by atoms with Crippen molar-refractivity contribution < 1.29 is 9.18 Å². The average molecular weight is 376 g/mol. The molecule has 1 amide bonds. The van der Waals surface area contributed by atoms with Crippen LogP contribution in [0.4, 0.5) is 4.39 Å². The van der Waals surface area contributed by atoms with E-state index >= 15 is 0 Å². The average Bonchev–Trinajstić information content (AvgIpc) is 2.75. The first kappa shape index (κ1) is 18.2. The zero-order valence-corrected chi connectivity index (χ0v) is 15.5. The van der Waals surface area contributed by atoms with Crippen LogP contribution in [0.2, 0.25) is 0 Å². The van der Waals surface area contributed by atoms with Crippen molar-refractivity contribution >= 4 is 5.91 Å². The van der Waals surface area contributed by atoms with Gasteiger partial charge in [-0.1, -0.05) is 18.2 Å². The summed E-state index contributed by atoms with van der Waals surface area (Å²) >= 11 is 0. The van der Waals surface area contributed by atoms with Gasteiger partial charge >= 0.3 is 0 Å². The summed E-state index contributed by atoms with van der Waals surface area (Å²) in [6.07, 6.45) is 8.76. The SMILES string of the molecule is O=C(Cc1cccnc1)N1CCC[C@H](c2nccnc2-c2ccccc2F)C1. The first-order chi connectivity index (χ1) is 13.7. The molecule has 0 saturated carbocycles. The zero-order chi connectivity index (χ0) is 19.3. The molecule has 1 atom stereocenters. The van der Waals surface area contributed by atoms with E-state index in [1.807, 2.05) is 17.0 Å². The lowest BCUT2D eigenvalue weighted by Crippen LogP contribution is -2.40. The number of likely N-dealkylation sites (tertiary alicyclic amines) is 1. The quantitative estimate of drug-likeness (QED) is 0.698. The summed E-state index contributed by atoms with van der Waals surface area (Å²) in [5.41, 5.74) is 2.67. The maximum absolute atomic E-state index is 14.3. The van der Waals surface area contributed by atoms with Crippen LogP contribution in [-0.2, 0) is 11.2 Å². The summed E-state index contributed by atoms with van der Waals surface area (Å²) in [4.78, 5) is 27.6. The van der Waals surface area contributed by atoms with Gasteiger partial charge < -0.3 is 4.90 Å². The Kier molecular flexibility index (Phi) is 5.37. The van der Waals surface area contributed by atoms with Crippen molar-refractivity contribution in [2.45, 2.75) is 25.2 Å². The minimum atomic E-state index is -0.315. The molecule has 3 heterocycles. The Morgan fingerprint density at radius 1 is 1.11 bits per heavy atom. The predicted octanol–water partition coefficient (Wildman–Crippen LogP) is 3.63. The van der Waals surface area contributed by atoms with Crippen LogP contribution in [0.5, 0.6) is 0 Å². The number of nitrogens with zero attached hydrogens (tertiary/aromatic N) is 4. The van der Waals surface area contributed by atoms with E-state index in [2.05, 4.69) is 15.0 Å². The molecule has 0 aliphatic carbocycles. The number of piperidine rings is 1. The Bertz CT molecular complexity index is 964. The number of carbonyl (C=O) groups is 1. The Hall–Kier alpha value is -3.15. The number of hydrogen-bond donors (Lipinski definition) is 0. The monoisotopic (exact) mass is 376 g/mol. The number of carbonyl (C=O) groups excluding carboxylic acids is 1. The van der Waals surface area contributed by atoms with Gasteiger partial charge in [-0.15, -0.1) is 0 Å². The minimum Gasteiger partial charge on any atom is -0.342 e. The second kappa shape index (κ2) is 8.25. The number of halogens is 1. The van der Waals surface area contributed by atoms with Crippen LogP contribution in [-0.4, -0.2) is 38.8 Å². The molecule has 0 spiro atoms. The van der Waals surface area contributed by atoms with Gasteiger partial charge in [0.1, 0.15) is 5.82 Å². The Morgan fingerprint density at radius 3 is 2.79 bits per heavy atom. The Balaban J connectivity index is 1.56. The molecule has 1 aliphatic rings. The lowest BCUT2D eigenvalue weighted by molar-refractivity contribution is -0.131. The smallest absolute Gasteiger partial charge is 0.227 e. The third kappa shape index (κ3) is 3.91. The number of aromatic nitrogens is 3. The number of benzene rings is 1. The van der Waals surface area contributed by atoms with E-state index in [9.17, 15) is 9.18 Å². The van der Waals surface area contributed by atoms with E-state index < -0.39 is 0 Å². The van der Waals surface area contributed by atoms with Crippen molar-refractivity contribution in [1.29, 1.82) is 0 Å². The highest BCUT2D eigenvalue weighted by Gasteiger charge is 2.28. The van der Waals surface area contributed by atoms with Gasteiger partial charge in [0.15, 0.2) is 0 Å². The topological polar surface area (TPSA) is 59.0 Å². The first-order valence-electron chi connectivity index (χ1n) is 9.45. The van der Waals surface area contributed by atoms with Gasteiger partial charge in [-0.3, -0.25) is 19.7 Å². The molecule has 1 aromatic carbocycles. The van der Waals surface area contributed by atoms with Crippen LogP contribution in [0.25, 0.3) is 11.3 Å². The highest BCUT2D eigenvalue weighted by molar-refractivity contribution is 5.79. The number of amides is 1. The molecule has 5 nitrogen and oxygen atoms in total. The van der Waals surface area contributed by atoms with Crippen molar-refractivity contribution in [2.24, 2.45) is 0 Å². The summed E-state index contributed by atoms with van der Waals surface area (Å²) < 4.78 is 14.3. The Morgan fingerprint density at radius 2 is 1.96 bits per heavy atom. The molecule has 28 heavy (non-hydrogen) atoms. The standard InChI is InChI=1S/C22H21FN4O/c23-19-8-2-1-7-18(19)22-21(25-10-11-26-22)17-6-4-12-27(15-17)20(28)13-16-5-3-9-24-14-16/h1-3,5,7-11,14,17H,4,6,12-13,15H2/t17-/m0/s1. The van der Waals surface area contributed by atoms with Gasteiger partial charge in [0, 0.05) is 49.4 Å². The van der Waals surface area contributed by atoms with E-state index in [0.29, 0.717) is 24.2 Å². The molecule has 142 valence electrons. The second-order valence-corrected chi connectivity index (χ2v) is 6.99. The van der Waals surface area contributed by atoms with E-state index in [1.54, 1.807) is 43.0 Å². The van der Waals surface area contributed by atoms with Crippen LogP contribution < -0.4 is 0 Å². The zero-order valence-electron chi connectivity index (χ0n) is 15.5. The molecular formula is C22H21FN4O. The lowest BCUT2D eigenvalue weighted by atomic mass is 9.91. The van der Waals surface area contributed by atoms with Gasteiger partial charge in [-0.25, -0.2) is 4.39 Å². The van der Waals surface area contributed by atoms with Gasteiger partial charge in [-0.05, 0) is 36.6 Å². The highest BCUT2D eigenvalue weighted by Crippen LogP contribution is 2.32. The molecule has 3 aromatic rings. The normalized spacial score (nSPS) is 16.8. The maximum atomic E-state index is 14.3.